The van der Waals surface area contributed by atoms with E-state index in [-0.39, 0.29) is 5.91 Å². The molecule has 0 aliphatic carbocycles. The van der Waals surface area contributed by atoms with E-state index in [0.717, 1.165) is 29.5 Å². The number of rotatable bonds is 3. The third-order valence-corrected chi connectivity index (χ3v) is 4.46. The Bertz CT molecular complexity index is 867. The number of nitrogens with zero attached hydrogens (tertiary/aromatic N) is 2. The van der Waals surface area contributed by atoms with E-state index in [4.69, 9.17) is 0 Å². The summed E-state index contributed by atoms with van der Waals surface area (Å²) in [6, 6.07) is 17.7. The van der Waals surface area contributed by atoms with Gasteiger partial charge in [-0.1, -0.05) is 24.3 Å². The molecule has 120 valence electrons. The number of aromatic nitrogens is 1. The molecule has 0 radical (unpaired) electrons. The molecule has 24 heavy (non-hydrogen) atoms. The Hall–Kier alpha value is -2.88. The topological polar surface area (TPSA) is 45.2 Å². The Morgan fingerprint density at radius 2 is 1.67 bits per heavy atom. The summed E-state index contributed by atoms with van der Waals surface area (Å²) in [6.07, 6.45) is 4.25. The van der Waals surface area contributed by atoms with Gasteiger partial charge in [-0.2, -0.15) is 0 Å². The van der Waals surface area contributed by atoms with Gasteiger partial charge in [-0.25, -0.2) is 0 Å². The molecule has 4 nitrogen and oxygen atoms in total. The molecule has 0 spiro atoms. The predicted octanol–water partition coefficient (Wildman–Crippen LogP) is 4.09. The van der Waals surface area contributed by atoms with E-state index in [1.165, 1.54) is 18.5 Å². The Balaban J connectivity index is 1.50. The first-order valence-electron chi connectivity index (χ1n) is 8.31. The van der Waals surface area contributed by atoms with Gasteiger partial charge in [0.1, 0.15) is 5.69 Å². The summed E-state index contributed by atoms with van der Waals surface area (Å²) in [5.41, 5.74) is 2.43. The largest absolute Gasteiger partial charge is 0.372 e. The lowest BCUT2D eigenvalue weighted by Crippen LogP contribution is -2.17. The summed E-state index contributed by atoms with van der Waals surface area (Å²) in [5.74, 6) is -0.185. The SMILES string of the molecule is O=C(Nc1ccc(N2CCCC2)cc1)c1cc2ccccc2cn1. The predicted molar refractivity (Wildman–Crippen MR) is 97.6 cm³/mol. The number of hydrogen-bond donors (Lipinski definition) is 1. The fourth-order valence-corrected chi connectivity index (χ4v) is 3.13. The van der Waals surface area contributed by atoms with Gasteiger partial charge in [-0.05, 0) is 48.6 Å². The van der Waals surface area contributed by atoms with Gasteiger partial charge in [0.2, 0.25) is 0 Å². The molecule has 1 aliphatic rings. The molecule has 1 N–H and O–H groups in total. The summed E-state index contributed by atoms with van der Waals surface area (Å²) >= 11 is 0. The number of fused-ring (bicyclic) bond motifs is 1. The molecule has 2 aromatic carbocycles. The quantitative estimate of drug-likeness (QED) is 0.791. The molecule has 1 fully saturated rings. The van der Waals surface area contributed by atoms with Gasteiger partial charge in [-0.3, -0.25) is 9.78 Å². The summed E-state index contributed by atoms with van der Waals surface area (Å²) in [7, 11) is 0. The molecule has 4 rings (SSSR count). The number of carbonyl (C=O) groups excluding carboxylic acids is 1. The molecule has 3 aromatic rings. The number of nitrogens with one attached hydrogen (secondary N) is 1. The summed E-state index contributed by atoms with van der Waals surface area (Å²) in [4.78, 5) is 19.0. The lowest BCUT2D eigenvalue weighted by atomic mass is 10.1. The van der Waals surface area contributed by atoms with Gasteiger partial charge < -0.3 is 10.2 Å². The molecule has 2 heterocycles. The monoisotopic (exact) mass is 317 g/mol. The van der Waals surface area contributed by atoms with Crippen molar-refractivity contribution in [2.75, 3.05) is 23.3 Å². The fraction of sp³-hybridized carbons (Fsp3) is 0.200. The van der Waals surface area contributed by atoms with Crippen molar-refractivity contribution in [2.45, 2.75) is 12.8 Å². The van der Waals surface area contributed by atoms with Crippen LogP contribution in [0.4, 0.5) is 11.4 Å². The van der Waals surface area contributed by atoms with E-state index < -0.39 is 0 Å². The maximum Gasteiger partial charge on any atom is 0.274 e. The van der Waals surface area contributed by atoms with E-state index >= 15 is 0 Å². The highest BCUT2D eigenvalue weighted by molar-refractivity contribution is 6.04. The van der Waals surface area contributed by atoms with Crippen LogP contribution in [0.15, 0.2) is 60.8 Å². The molecule has 0 unspecified atom stereocenters. The Labute approximate surface area is 141 Å². The fourth-order valence-electron chi connectivity index (χ4n) is 3.13. The van der Waals surface area contributed by atoms with Crippen LogP contribution in [0.2, 0.25) is 0 Å². The van der Waals surface area contributed by atoms with Crippen LogP contribution in [0.1, 0.15) is 23.3 Å². The molecule has 1 aromatic heterocycles. The van der Waals surface area contributed by atoms with E-state index in [9.17, 15) is 4.79 Å². The molecular weight excluding hydrogens is 298 g/mol. The van der Waals surface area contributed by atoms with Crippen LogP contribution >= 0.6 is 0 Å². The Morgan fingerprint density at radius 3 is 2.42 bits per heavy atom. The van der Waals surface area contributed by atoms with E-state index in [0.29, 0.717) is 5.69 Å². The van der Waals surface area contributed by atoms with Gasteiger partial charge >= 0.3 is 0 Å². The second-order valence-corrected chi connectivity index (χ2v) is 6.11. The number of pyridine rings is 1. The number of carbonyl (C=O) groups is 1. The van der Waals surface area contributed by atoms with E-state index in [1.54, 1.807) is 6.20 Å². The van der Waals surface area contributed by atoms with Crippen molar-refractivity contribution >= 4 is 28.1 Å². The second-order valence-electron chi connectivity index (χ2n) is 6.11. The van der Waals surface area contributed by atoms with E-state index in [1.807, 2.05) is 42.5 Å². The third-order valence-electron chi connectivity index (χ3n) is 4.46. The standard InChI is InChI=1S/C20H19N3O/c24-20(19-13-15-5-1-2-6-16(15)14-21-19)22-17-7-9-18(10-8-17)23-11-3-4-12-23/h1-2,5-10,13-14H,3-4,11-12H2,(H,22,24). The third kappa shape index (κ3) is 2.95. The highest BCUT2D eigenvalue weighted by Crippen LogP contribution is 2.22. The van der Waals surface area contributed by atoms with Crippen molar-refractivity contribution in [3.63, 3.8) is 0 Å². The number of hydrogen-bond acceptors (Lipinski definition) is 3. The molecule has 0 bridgehead atoms. The average Bonchev–Trinajstić information content (AvgIpc) is 3.16. The van der Waals surface area contributed by atoms with Gasteiger partial charge in [-0.15, -0.1) is 0 Å². The van der Waals surface area contributed by atoms with Gasteiger partial charge in [0.15, 0.2) is 0 Å². The van der Waals surface area contributed by atoms with Crippen molar-refractivity contribution in [1.82, 2.24) is 4.98 Å². The number of benzene rings is 2. The van der Waals surface area contributed by atoms with Crippen LogP contribution in [-0.4, -0.2) is 24.0 Å². The zero-order valence-electron chi connectivity index (χ0n) is 13.4. The summed E-state index contributed by atoms with van der Waals surface area (Å²) in [6.45, 7) is 2.24. The zero-order chi connectivity index (χ0) is 16.4. The zero-order valence-corrected chi connectivity index (χ0v) is 13.4. The van der Waals surface area contributed by atoms with Crippen molar-refractivity contribution in [1.29, 1.82) is 0 Å². The van der Waals surface area contributed by atoms with Crippen LogP contribution in [0.25, 0.3) is 10.8 Å². The maximum atomic E-state index is 12.4. The van der Waals surface area contributed by atoms with Gasteiger partial charge in [0.05, 0.1) is 0 Å². The highest BCUT2D eigenvalue weighted by Gasteiger charge is 2.13. The Kier molecular flexibility index (Phi) is 3.87. The van der Waals surface area contributed by atoms with Crippen molar-refractivity contribution in [3.8, 4) is 0 Å². The van der Waals surface area contributed by atoms with Crippen LogP contribution < -0.4 is 10.2 Å². The van der Waals surface area contributed by atoms with Gasteiger partial charge in [0, 0.05) is 36.0 Å². The maximum absolute atomic E-state index is 12.4. The molecule has 0 atom stereocenters. The first-order valence-corrected chi connectivity index (χ1v) is 8.31. The van der Waals surface area contributed by atoms with Crippen molar-refractivity contribution in [2.24, 2.45) is 0 Å². The molecule has 4 heteroatoms. The lowest BCUT2D eigenvalue weighted by Gasteiger charge is -2.17. The normalized spacial score (nSPS) is 14.1. The number of anilines is 2. The van der Waals surface area contributed by atoms with Crippen molar-refractivity contribution < 1.29 is 4.79 Å². The minimum Gasteiger partial charge on any atom is -0.372 e. The molecule has 1 amide bonds. The molecule has 1 aliphatic heterocycles. The second kappa shape index (κ2) is 6.32. The Morgan fingerprint density at radius 1 is 0.958 bits per heavy atom. The first-order chi connectivity index (χ1) is 11.8. The summed E-state index contributed by atoms with van der Waals surface area (Å²) in [5, 5.41) is 4.97. The molecule has 0 saturated carbocycles. The molecular formula is C20H19N3O. The van der Waals surface area contributed by atoms with Crippen LogP contribution in [0.3, 0.4) is 0 Å². The van der Waals surface area contributed by atoms with Crippen molar-refractivity contribution in [3.05, 3.63) is 66.5 Å². The average molecular weight is 317 g/mol. The minimum atomic E-state index is -0.185. The van der Waals surface area contributed by atoms with E-state index in [2.05, 4.69) is 27.3 Å². The minimum absolute atomic E-state index is 0.185. The van der Waals surface area contributed by atoms with Gasteiger partial charge in [0.25, 0.3) is 5.91 Å². The smallest absolute Gasteiger partial charge is 0.274 e. The first kappa shape index (κ1) is 14.7. The summed E-state index contributed by atoms with van der Waals surface area (Å²) < 4.78 is 0. The number of amides is 1. The van der Waals surface area contributed by atoms with Crippen LogP contribution in [-0.2, 0) is 0 Å². The van der Waals surface area contributed by atoms with Crippen LogP contribution in [0, 0.1) is 0 Å². The molecule has 1 saturated heterocycles. The lowest BCUT2D eigenvalue weighted by molar-refractivity contribution is 0.102. The highest BCUT2D eigenvalue weighted by atomic mass is 16.1. The van der Waals surface area contributed by atoms with Crippen LogP contribution in [0.5, 0.6) is 0 Å².